The van der Waals surface area contributed by atoms with Crippen molar-refractivity contribution in [3.05, 3.63) is 29.8 Å². The van der Waals surface area contributed by atoms with Crippen molar-refractivity contribution in [1.29, 1.82) is 0 Å². The quantitative estimate of drug-likeness (QED) is 0.634. The number of Topliss-reactive ketones (excluding diaryl/α,β-unsaturated/α-hetero) is 1. The van der Waals surface area contributed by atoms with Crippen molar-refractivity contribution in [2.24, 2.45) is 5.92 Å². The molecule has 0 saturated heterocycles. The van der Waals surface area contributed by atoms with Gasteiger partial charge in [-0.1, -0.05) is 33.1 Å². The van der Waals surface area contributed by atoms with E-state index in [1.165, 1.54) is 19.3 Å². The van der Waals surface area contributed by atoms with Crippen molar-refractivity contribution in [3.8, 4) is 5.75 Å². The number of ketones is 1. The molecular formula is C16H24O2. The molecule has 1 aromatic rings. The third-order valence-electron chi connectivity index (χ3n) is 3.29. The molecule has 1 rings (SSSR count). The number of carbonyl (C=O) groups excluding carboxylic acids is 1. The number of ether oxygens (including phenoxy) is 1. The maximum absolute atomic E-state index is 11.1. The summed E-state index contributed by atoms with van der Waals surface area (Å²) in [6.45, 7) is 6.78. The second kappa shape index (κ2) is 7.91. The molecule has 0 N–H and O–H groups in total. The van der Waals surface area contributed by atoms with Gasteiger partial charge in [-0.15, -0.1) is 0 Å². The SMILES string of the molecule is CCCC[C@H](CC)COc1ccc(C(C)=O)cc1. The van der Waals surface area contributed by atoms with Gasteiger partial charge in [-0.05, 0) is 43.5 Å². The lowest BCUT2D eigenvalue weighted by Gasteiger charge is -2.15. The van der Waals surface area contributed by atoms with E-state index in [1.807, 2.05) is 24.3 Å². The first-order chi connectivity index (χ1) is 8.67. The molecule has 1 aromatic carbocycles. The van der Waals surface area contributed by atoms with Gasteiger partial charge in [0, 0.05) is 5.56 Å². The fraction of sp³-hybridized carbons (Fsp3) is 0.562. The van der Waals surface area contributed by atoms with E-state index in [1.54, 1.807) is 6.92 Å². The van der Waals surface area contributed by atoms with E-state index >= 15 is 0 Å². The molecular weight excluding hydrogens is 224 g/mol. The molecule has 0 aromatic heterocycles. The minimum absolute atomic E-state index is 0.0935. The summed E-state index contributed by atoms with van der Waals surface area (Å²) in [6, 6.07) is 7.40. The zero-order chi connectivity index (χ0) is 13.4. The van der Waals surface area contributed by atoms with Crippen molar-refractivity contribution < 1.29 is 9.53 Å². The summed E-state index contributed by atoms with van der Waals surface area (Å²) in [5.41, 5.74) is 0.736. The van der Waals surface area contributed by atoms with Gasteiger partial charge in [0.2, 0.25) is 0 Å². The Labute approximate surface area is 110 Å². The number of unbranched alkanes of at least 4 members (excludes halogenated alkanes) is 1. The van der Waals surface area contributed by atoms with Crippen LogP contribution in [0.4, 0.5) is 0 Å². The van der Waals surface area contributed by atoms with Crippen LogP contribution in [0.15, 0.2) is 24.3 Å². The van der Waals surface area contributed by atoms with Gasteiger partial charge in [-0.25, -0.2) is 0 Å². The molecule has 2 nitrogen and oxygen atoms in total. The highest BCUT2D eigenvalue weighted by atomic mass is 16.5. The van der Waals surface area contributed by atoms with Gasteiger partial charge in [0.25, 0.3) is 0 Å². The van der Waals surface area contributed by atoms with E-state index in [4.69, 9.17) is 4.74 Å². The third kappa shape index (κ3) is 4.91. The van der Waals surface area contributed by atoms with E-state index < -0.39 is 0 Å². The van der Waals surface area contributed by atoms with Crippen LogP contribution in [0.2, 0.25) is 0 Å². The smallest absolute Gasteiger partial charge is 0.159 e. The number of benzene rings is 1. The van der Waals surface area contributed by atoms with Crippen LogP contribution in [0.5, 0.6) is 5.75 Å². The van der Waals surface area contributed by atoms with E-state index in [0.29, 0.717) is 5.92 Å². The van der Waals surface area contributed by atoms with Crippen LogP contribution >= 0.6 is 0 Å². The first kappa shape index (κ1) is 14.7. The Morgan fingerprint density at radius 3 is 2.39 bits per heavy atom. The van der Waals surface area contributed by atoms with Crippen LogP contribution in [-0.2, 0) is 0 Å². The molecule has 0 aliphatic carbocycles. The third-order valence-corrected chi connectivity index (χ3v) is 3.29. The molecule has 0 unspecified atom stereocenters. The standard InChI is InChI=1S/C16H24O2/c1-4-6-7-14(5-2)12-18-16-10-8-15(9-11-16)13(3)17/h8-11,14H,4-7,12H2,1-3H3/t14-/m0/s1. The van der Waals surface area contributed by atoms with Gasteiger partial charge in [-0.3, -0.25) is 4.79 Å². The summed E-state index contributed by atoms with van der Waals surface area (Å²) in [6.07, 6.45) is 4.90. The lowest BCUT2D eigenvalue weighted by Crippen LogP contribution is -2.11. The van der Waals surface area contributed by atoms with Gasteiger partial charge in [0.05, 0.1) is 6.61 Å². The van der Waals surface area contributed by atoms with E-state index in [9.17, 15) is 4.79 Å². The number of hydrogen-bond acceptors (Lipinski definition) is 2. The highest BCUT2D eigenvalue weighted by Gasteiger charge is 2.07. The normalized spacial score (nSPS) is 12.2. The number of rotatable bonds is 8. The molecule has 0 fully saturated rings. The minimum atomic E-state index is 0.0935. The van der Waals surface area contributed by atoms with Crippen LogP contribution in [0.3, 0.4) is 0 Å². The summed E-state index contributed by atoms with van der Waals surface area (Å²) in [5.74, 6) is 1.59. The molecule has 0 saturated carbocycles. The lowest BCUT2D eigenvalue weighted by molar-refractivity contribution is 0.101. The Balaban J connectivity index is 2.44. The van der Waals surface area contributed by atoms with Crippen LogP contribution < -0.4 is 4.74 Å². The molecule has 0 bridgehead atoms. The summed E-state index contributed by atoms with van der Waals surface area (Å²) < 4.78 is 5.78. The molecule has 1 atom stereocenters. The summed E-state index contributed by atoms with van der Waals surface area (Å²) >= 11 is 0. The highest BCUT2D eigenvalue weighted by Crippen LogP contribution is 2.17. The zero-order valence-corrected chi connectivity index (χ0v) is 11.7. The van der Waals surface area contributed by atoms with Crippen LogP contribution in [0.1, 0.15) is 56.8 Å². The largest absolute Gasteiger partial charge is 0.493 e. The van der Waals surface area contributed by atoms with Crippen LogP contribution in [-0.4, -0.2) is 12.4 Å². The average Bonchev–Trinajstić information content (AvgIpc) is 2.39. The Morgan fingerprint density at radius 2 is 1.89 bits per heavy atom. The predicted octanol–water partition coefficient (Wildman–Crippen LogP) is 4.48. The van der Waals surface area contributed by atoms with Gasteiger partial charge in [0.1, 0.15) is 5.75 Å². The molecule has 0 radical (unpaired) electrons. The summed E-state index contributed by atoms with van der Waals surface area (Å²) in [4.78, 5) is 11.1. The molecule has 2 heteroatoms. The van der Waals surface area contributed by atoms with Gasteiger partial charge in [-0.2, -0.15) is 0 Å². The highest BCUT2D eigenvalue weighted by molar-refractivity contribution is 5.94. The first-order valence-corrected chi connectivity index (χ1v) is 6.91. The van der Waals surface area contributed by atoms with Crippen molar-refractivity contribution in [1.82, 2.24) is 0 Å². The molecule has 0 spiro atoms. The molecule has 0 heterocycles. The molecule has 0 amide bonds. The van der Waals surface area contributed by atoms with Gasteiger partial charge < -0.3 is 4.74 Å². The second-order valence-corrected chi connectivity index (χ2v) is 4.81. The Bertz CT molecular complexity index is 354. The zero-order valence-electron chi connectivity index (χ0n) is 11.7. The Morgan fingerprint density at radius 1 is 1.22 bits per heavy atom. The summed E-state index contributed by atoms with van der Waals surface area (Å²) in [5, 5.41) is 0. The maximum atomic E-state index is 11.1. The molecule has 18 heavy (non-hydrogen) atoms. The molecule has 0 aliphatic rings. The lowest BCUT2D eigenvalue weighted by atomic mass is 10.0. The topological polar surface area (TPSA) is 26.3 Å². The van der Waals surface area contributed by atoms with Crippen molar-refractivity contribution in [2.75, 3.05) is 6.61 Å². The maximum Gasteiger partial charge on any atom is 0.159 e. The van der Waals surface area contributed by atoms with Crippen molar-refractivity contribution >= 4 is 5.78 Å². The van der Waals surface area contributed by atoms with Crippen LogP contribution in [0.25, 0.3) is 0 Å². The average molecular weight is 248 g/mol. The fourth-order valence-electron chi connectivity index (χ4n) is 1.90. The minimum Gasteiger partial charge on any atom is -0.493 e. The Kier molecular flexibility index (Phi) is 6.48. The van der Waals surface area contributed by atoms with Gasteiger partial charge in [0.15, 0.2) is 5.78 Å². The number of hydrogen-bond donors (Lipinski definition) is 0. The van der Waals surface area contributed by atoms with Crippen molar-refractivity contribution in [2.45, 2.75) is 46.5 Å². The molecule has 0 aliphatic heterocycles. The van der Waals surface area contributed by atoms with Gasteiger partial charge >= 0.3 is 0 Å². The first-order valence-electron chi connectivity index (χ1n) is 6.91. The Hall–Kier alpha value is -1.31. The number of carbonyl (C=O) groups is 1. The fourth-order valence-corrected chi connectivity index (χ4v) is 1.90. The molecule has 100 valence electrons. The summed E-state index contributed by atoms with van der Waals surface area (Å²) in [7, 11) is 0. The van der Waals surface area contributed by atoms with E-state index in [0.717, 1.165) is 24.3 Å². The monoisotopic (exact) mass is 248 g/mol. The van der Waals surface area contributed by atoms with Crippen molar-refractivity contribution in [3.63, 3.8) is 0 Å². The second-order valence-electron chi connectivity index (χ2n) is 4.81. The van der Waals surface area contributed by atoms with Crippen LogP contribution in [0, 0.1) is 5.92 Å². The van der Waals surface area contributed by atoms with E-state index in [-0.39, 0.29) is 5.78 Å². The van der Waals surface area contributed by atoms with E-state index in [2.05, 4.69) is 13.8 Å². The predicted molar refractivity (Wildman–Crippen MR) is 75.2 cm³/mol.